The van der Waals surface area contributed by atoms with Crippen molar-refractivity contribution in [3.63, 3.8) is 0 Å². The first kappa shape index (κ1) is 20.2. The van der Waals surface area contributed by atoms with Gasteiger partial charge in [-0.3, -0.25) is 9.89 Å². The summed E-state index contributed by atoms with van der Waals surface area (Å²) in [5, 5.41) is 6.92. The number of likely N-dealkylation sites (N-methyl/N-ethyl adjacent to an activating group) is 1. The van der Waals surface area contributed by atoms with Gasteiger partial charge >= 0.3 is 0 Å². The molecule has 1 saturated heterocycles. The Morgan fingerprint density at radius 3 is 2.35 bits per heavy atom. The highest BCUT2D eigenvalue weighted by molar-refractivity contribution is 5.79. The van der Waals surface area contributed by atoms with Crippen LogP contribution in [0.3, 0.4) is 0 Å². The largest absolute Gasteiger partial charge is 0.379 e. The van der Waals surface area contributed by atoms with E-state index in [2.05, 4.69) is 53.4 Å². The lowest BCUT2D eigenvalue weighted by Gasteiger charge is -2.32. The van der Waals surface area contributed by atoms with Crippen molar-refractivity contribution in [2.75, 3.05) is 67.1 Å². The van der Waals surface area contributed by atoms with E-state index >= 15 is 0 Å². The van der Waals surface area contributed by atoms with Crippen LogP contribution in [0.1, 0.15) is 26.7 Å². The van der Waals surface area contributed by atoms with E-state index in [0.29, 0.717) is 12.0 Å². The predicted molar refractivity (Wildman–Crippen MR) is 98.2 cm³/mol. The Morgan fingerprint density at radius 1 is 1.17 bits per heavy atom. The fourth-order valence-corrected chi connectivity index (χ4v) is 3.18. The van der Waals surface area contributed by atoms with Gasteiger partial charge in [0.1, 0.15) is 0 Å². The zero-order valence-corrected chi connectivity index (χ0v) is 15.8. The zero-order chi connectivity index (χ0) is 17.1. The number of nitrogens with zero attached hydrogens (tertiary/aromatic N) is 3. The maximum atomic E-state index is 5.38. The van der Waals surface area contributed by atoms with Crippen LogP contribution < -0.4 is 10.6 Å². The van der Waals surface area contributed by atoms with Crippen molar-refractivity contribution < 1.29 is 4.74 Å². The maximum Gasteiger partial charge on any atom is 0.191 e. The lowest BCUT2D eigenvalue weighted by Crippen LogP contribution is -2.49. The number of hydrogen-bond acceptors (Lipinski definition) is 4. The molecule has 0 amide bonds. The maximum absolute atomic E-state index is 5.38. The standard InChI is InChI=1S/C17H37N5O/c1-6-15(7-2)16(21(4)5)14-20-17(18-3)19-8-9-22-10-12-23-13-11-22/h15-16H,6-14H2,1-5H3,(H2,18,19,20). The van der Waals surface area contributed by atoms with Crippen LogP contribution in [0.2, 0.25) is 0 Å². The molecule has 0 aromatic rings. The molecule has 23 heavy (non-hydrogen) atoms. The number of nitrogens with one attached hydrogen (secondary N) is 2. The van der Waals surface area contributed by atoms with Gasteiger partial charge in [0.15, 0.2) is 5.96 Å². The molecular weight excluding hydrogens is 290 g/mol. The van der Waals surface area contributed by atoms with E-state index in [9.17, 15) is 0 Å². The highest BCUT2D eigenvalue weighted by Crippen LogP contribution is 2.16. The molecule has 1 fully saturated rings. The summed E-state index contributed by atoms with van der Waals surface area (Å²) in [5.74, 6) is 1.61. The molecule has 1 heterocycles. The highest BCUT2D eigenvalue weighted by atomic mass is 16.5. The van der Waals surface area contributed by atoms with Gasteiger partial charge in [-0.1, -0.05) is 26.7 Å². The van der Waals surface area contributed by atoms with Gasteiger partial charge in [-0.25, -0.2) is 0 Å². The lowest BCUT2D eigenvalue weighted by atomic mass is 9.93. The fraction of sp³-hybridized carbons (Fsp3) is 0.941. The third kappa shape index (κ3) is 7.50. The summed E-state index contributed by atoms with van der Waals surface area (Å²) in [6.45, 7) is 11.2. The van der Waals surface area contributed by atoms with E-state index in [1.54, 1.807) is 0 Å². The molecular formula is C17H37N5O. The Hall–Kier alpha value is -0.850. The van der Waals surface area contributed by atoms with Crippen molar-refractivity contribution in [1.82, 2.24) is 20.4 Å². The highest BCUT2D eigenvalue weighted by Gasteiger charge is 2.20. The van der Waals surface area contributed by atoms with Gasteiger partial charge in [0.2, 0.25) is 0 Å². The quantitative estimate of drug-likeness (QED) is 0.486. The van der Waals surface area contributed by atoms with Crippen molar-refractivity contribution in [3.05, 3.63) is 0 Å². The fourth-order valence-electron chi connectivity index (χ4n) is 3.18. The number of guanidine groups is 1. The molecule has 6 nitrogen and oxygen atoms in total. The van der Waals surface area contributed by atoms with Crippen LogP contribution in [-0.4, -0.2) is 88.9 Å². The average molecular weight is 328 g/mol. The Labute approximate surface area is 142 Å². The number of rotatable bonds is 9. The molecule has 1 atom stereocenters. The number of hydrogen-bond donors (Lipinski definition) is 2. The second-order valence-corrected chi connectivity index (χ2v) is 6.44. The summed E-state index contributed by atoms with van der Waals surface area (Å²) in [4.78, 5) is 9.10. The Bertz CT molecular complexity index is 325. The van der Waals surface area contributed by atoms with E-state index in [1.165, 1.54) is 12.8 Å². The molecule has 136 valence electrons. The molecule has 1 aliphatic heterocycles. The normalized spacial score (nSPS) is 18.5. The summed E-state index contributed by atoms with van der Waals surface area (Å²) in [6, 6.07) is 0.530. The first-order valence-electron chi connectivity index (χ1n) is 9.03. The number of aliphatic imine (C=N–C) groups is 1. The minimum absolute atomic E-state index is 0.530. The van der Waals surface area contributed by atoms with E-state index in [-0.39, 0.29) is 0 Å². The summed E-state index contributed by atoms with van der Waals surface area (Å²) >= 11 is 0. The van der Waals surface area contributed by atoms with Gasteiger partial charge in [0.25, 0.3) is 0 Å². The van der Waals surface area contributed by atoms with Gasteiger partial charge in [-0.15, -0.1) is 0 Å². The monoisotopic (exact) mass is 327 g/mol. The van der Waals surface area contributed by atoms with Crippen LogP contribution in [-0.2, 0) is 4.74 Å². The SMILES string of the molecule is CCC(CC)C(CNC(=NC)NCCN1CCOCC1)N(C)C. The predicted octanol–water partition coefficient (Wildman–Crippen LogP) is 0.850. The second-order valence-electron chi connectivity index (χ2n) is 6.44. The molecule has 1 rings (SSSR count). The summed E-state index contributed by atoms with van der Waals surface area (Å²) < 4.78 is 5.38. The van der Waals surface area contributed by atoms with E-state index < -0.39 is 0 Å². The van der Waals surface area contributed by atoms with Gasteiger partial charge in [0, 0.05) is 45.8 Å². The summed E-state index contributed by atoms with van der Waals surface area (Å²) in [7, 11) is 6.17. The third-order valence-corrected chi connectivity index (χ3v) is 4.78. The Morgan fingerprint density at radius 2 is 1.83 bits per heavy atom. The van der Waals surface area contributed by atoms with E-state index in [0.717, 1.165) is 51.9 Å². The van der Waals surface area contributed by atoms with Crippen molar-refractivity contribution >= 4 is 5.96 Å². The van der Waals surface area contributed by atoms with Crippen LogP contribution in [0.5, 0.6) is 0 Å². The number of ether oxygens (including phenoxy) is 1. The molecule has 0 aromatic carbocycles. The number of morpholine rings is 1. The van der Waals surface area contributed by atoms with Crippen LogP contribution in [0.25, 0.3) is 0 Å². The van der Waals surface area contributed by atoms with Crippen LogP contribution in [0.4, 0.5) is 0 Å². The zero-order valence-electron chi connectivity index (χ0n) is 15.8. The molecule has 0 aromatic heterocycles. The van der Waals surface area contributed by atoms with Crippen molar-refractivity contribution in [1.29, 1.82) is 0 Å². The molecule has 0 aliphatic carbocycles. The molecule has 6 heteroatoms. The van der Waals surface area contributed by atoms with E-state index in [1.807, 2.05) is 7.05 Å². The Balaban J connectivity index is 2.33. The summed E-state index contributed by atoms with van der Waals surface area (Å²) in [5.41, 5.74) is 0. The lowest BCUT2D eigenvalue weighted by molar-refractivity contribution is 0.0389. The molecule has 1 aliphatic rings. The minimum atomic E-state index is 0.530. The van der Waals surface area contributed by atoms with Crippen molar-refractivity contribution in [2.45, 2.75) is 32.7 Å². The first-order valence-corrected chi connectivity index (χ1v) is 9.03. The first-order chi connectivity index (χ1) is 11.1. The van der Waals surface area contributed by atoms with Crippen molar-refractivity contribution in [3.8, 4) is 0 Å². The van der Waals surface area contributed by atoms with Crippen LogP contribution in [0.15, 0.2) is 4.99 Å². The Kier molecular flexibility index (Phi) is 10.2. The molecule has 2 N–H and O–H groups in total. The summed E-state index contributed by atoms with van der Waals surface area (Å²) in [6.07, 6.45) is 2.42. The van der Waals surface area contributed by atoms with Gasteiger partial charge in [-0.05, 0) is 20.0 Å². The molecule has 0 radical (unpaired) electrons. The molecule has 0 bridgehead atoms. The van der Waals surface area contributed by atoms with Gasteiger partial charge in [-0.2, -0.15) is 0 Å². The molecule has 1 unspecified atom stereocenters. The topological polar surface area (TPSA) is 52.1 Å². The van der Waals surface area contributed by atoms with Gasteiger partial charge in [0.05, 0.1) is 13.2 Å². The second kappa shape index (κ2) is 11.6. The van der Waals surface area contributed by atoms with Gasteiger partial charge < -0.3 is 20.3 Å². The molecule has 0 saturated carbocycles. The average Bonchev–Trinajstić information content (AvgIpc) is 2.57. The minimum Gasteiger partial charge on any atom is -0.379 e. The van der Waals surface area contributed by atoms with Crippen LogP contribution in [0, 0.1) is 5.92 Å². The third-order valence-electron chi connectivity index (χ3n) is 4.78. The molecule has 0 spiro atoms. The van der Waals surface area contributed by atoms with Crippen molar-refractivity contribution in [2.24, 2.45) is 10.9 Å². The smallest absolute Gasteiger partial charge is 0.191 e. The van der Waals surface area contributed by atoms with E-state index in [4.69, 9.17) is 4.74 Å². The van der Waals surface area contributed by atoms with Crippen LogP contribution >= 0.6 is 0 Å².